The number of allylic oxidation sites excluding steroid dienone is 2. The molecule has 34 heavy (non-hydrogen) atoms. The number of anilines is 2. The number of ether oxygens (including phenoxy) is 1. The number of rotatable bonds is 4. The zero-order valence-corrected chi connectivity index (χ0v) is 20.1. The van der Waals surface area contributed by atoms with Crippen LogP contribution >= 0.6 is 15.9 Å². The number of hydrogen-bond acceptors (Lipinski definition) is 5. The van der Waals surface area contributed by atoms with Gasteiger partial charge in [0.1, 0.15) is 5.75 Å². The fourth-order valence-electron chi connectivity index (χ4n) is 5.00. The molecule has 2 heterocycles. The van der Waals surface area contributed by atoms with E-state index in [0.717, 1.165) is 10.2 Å². The SMILES string of the molecule is C[C@@H]1C=CC[C@@H]2C(=O)N(c3ccc(OC(=O)[C@@H]4CC(=O)N(c5ccc(Br)cc5)C4)cc3)C(=O)[C@H]12. The van der Waals surface area contributed by atoms with Gasteiger partial charge in [-0.1, -0.05) is 35.0 Å². The van der Waals surface area contributed by atoms with Crippen molar-refractivity contribution in [2.75, 3.05) is 16.3 Å². The van der Waals surface area contributed by atoms with E-state index >= 15 is 0 Å². The molecule has 1 aliphatic carbocycles. The molecule has 0 aromatic heterocycles. The van der Waals surface area contributed by atoms with Gasteiger partial charge < -0.3 is 9.64 Å². The number of nitrogens with zero attached hydrogens (tertiary/aromatic N) is 2. The van der Waals surface area contributed by atoms with Crippen LogP contribution in [0.4, 0.5) is 11.4 Å². The zero-order valence-electron chi connectivity index (χ0n) is 18.5. The van der Waals surface area contributed by atoms with E-state index in [1.54, 1.807) is 29.2 Å². The zero-order chi connectivity index (χ0) is 24.0. The van der Waals surface area contributed by atoms with Crippen LogP contribution in [0.2, 0.25) is 0 Å². The molecule has 0 radical (unpaired) electrons. The van der Waals surface area contributed by atoms with Crippen molar-refractivity contribution < 1.29 is 23.9 Å². The summed E-state index contributed by atoms with van der Waals surface area (Å²) >= 11 is 3.37. The van der Waals surface area contributed by atoms with Gasteiger partial charge in [-0.15, -0.1) is 0 Å². The number of esters is 1. The fourth-order valence-corrected chi connectivity index (χ4v) is 5.27. The maximum atomic E-state index is 12.9. The van der Waals surface area contributed by atoms with Crippen LogP contribution in [0, 0.1) is 23.7 Å². The van der Waals surface area contributed by atoms with Crippen LogP contribution in [-0.4, -0.2) is 30.2 Å². The molecule has 3 amide bonds. The summed E-state index contributed by atoms with van der Waals surface area (Å²) in [4.78, 5) is 53.8. The molecule has 0 unspecified atom stereocenters. The highest BCUT2D eigenvalue weighted by Gasteiger charge is 2.50. The quantitative estimate of drug-likeness (QED) is 0.261. The number of carbonyl (C=O) groups is 4. The molecule has 4 atom stereocenters. The first-order valence-electron chi connectivity index (χ1n) is 11.3. The van der Waals surface area contributed by atoms with Crippen molar-refractivity contribution in [2.45, 2.75) is 19.8 Å². The molecule has 174 valence electrons. The summed E-state index contributed by atoms with van der Waals surface area (Å²) in [6.07, 6.45) is 4.61. The molecular weight excluding hydrogens is 500 g/mol. The smallest absolute Gasteiger partial charge is 0.316 e. The van der Waals surface area contributed by atoms with Crippen molar-refractivity contribution in [1.29, 1.82) is 0 Å². The molecule has 5 rings (SSSR count). The third-order valence-electron chi connectivity index (χ3n) is 6.78. The van der Waals surface area contributed by atoms with E-state index in [1.807, 2.05) is 43.3 Å². The van der Waals surface area contributed by atoms with Crippen molar-refractivity contribution in [3.8, 4) is 5.75 Å². The maximum absolute atomic E-state index is 12.9. The lowest BCUT2D eigenvalue weighted by molar-refractivity contribution is -0.139. The van der Waals surface area contributed by atoms with Gasteiger partial charge >= 0.3 is 5.97 Å². The first-order valence-corrected chi connectivity index (χ1v) is 12.0. The van der Waals surface area contributed by atoms with Crippen molar-refractivity contribution in [1.82, 2.24) is 0 Å². The molecule has 7 nitrogen and oxygen atoms in total. The van der Waals surface area contributed by atoms with Gasteiger partial charge in [0.2, 0.25) is 17.7 Å². The Labute approximate surface area is 205 Å². The van der Waals surface area contributed by atoms with E-state index in [-0.39, 0.29) is 48.4 Å². The van der Waals surface area contributed by atoms with Gasteiger partial charge in [-0.3, -0.25) is 24.1 Å². The van der Waals surface area contributed by atoms with Crippen LogP contribution in [0.15, 0.2) is 65.2 Å². The minimum Gasteiger partial charge on any atom is -0.426 e. The molecule has 2 aromatic carbocycles. The number of benzene rings is 2. The highest BCUT2D eigenvalue weighted by Crippen LogP contribution is 2.40. The number of carbonyl (C=O) groups excluding carboxylic acids is 4. The van der Waals surface area contributed by atoms with E-state index in [9.17, 15) is 19.2 Å². The van der Waals surface area contributed by atoms with E-state index in [2.05, 4.69) is 15.9 Å². The largest absolute Gasteiger partial charge is 0.426 e. The highest BCUT2D eigenvalue weighted by atomic mass is 79.9. The maximum Gasteiger partial charge on any atom is 0.316 e. The van der Waals surface area contributed by atoms with Gasteiger partial charge in [0, 0.05) is 23.1 Å². The van der Waals surface area contributed by atoms with Crippen LogP contribution in [0.5, 0.6) is 5.75 Å². The van der Waals surface area contributed by atoms with E-state index in [0.29, 0.717) is 17.9 Å². The Morgan fingerprint density at radius 2 is 1.65 bits per heavy atom. The summed E-state index contributed by atoms with van der Waals surface area (Å²) in [7, 11) is 0. The summed E-state index contributed by atoms with van der Waals surface area (Å²) in [5.41, 5.74) is 1.20. The molecule has 0 saturated carbocycles. The van der Waals surface area contributed by atoms with Crippen LogP contribution in [-0.2, 0) is 19.2 Å². The molecule has 3 aliphatic rings. The first kappa shape index (κ1) is 22.5. The second-order valence-electron chi connectivity index (χ2n) is 8.96. The normalized spacial score (nSPS) is 26.2. The summed E-state index contributed by atoms with van der Waals surface area (Å²) in [5.74, 6) is -1.89. The third-order valence-corrected chi connectivity index (χ3v) is 7.31. The van der Waals surface area contributed by atoms with Gasteiger partial charge in [0.25, 0.3) is 0 Å². The topological polar surface area (TPSA) is 84.0 Å². The predicted molar refractivity (Wildman–Crippen MR) is 129 cm³/mol. The molecule has 2 aliphatic heterocycles. The first-order chi connectivity index (χ1) is 16.3. The van der Waals surface area contributed by atoms with Gasteiger partial charge in [0.05, 0.1) is 23.4 Å². The molecule has 0 N–H and O–H groups in total. The standard InChI is InChI=1S/C26H23BrN2O5/c1-15-3-2-4-21-23(15)25(32)29(24(21)31)19-9-11-20(12-10-19)34-26(33)16-13-22(30)28(14-16)18-7-5-17(27)6-8-18/h2-3,5-12,15-16,21,23H,4,13-14H2,1H3/t15-,16-,21+,23-/m1/s1. The summed E-state index contributed by atoms with van der Waals surface area (Å²) < 4.78 is 6.42. The lowest BCUT2D eigenvalue weighted by atomic mass is 9.78. The van der Waals surface area contributed by atoms with Crippen molar-refractivity contribution in [3.63, 3.8) is 0 Å². The van der Waals surface area contributed by atoms with Gasteiger partial charge in [-0.2, -0.15) is 0 Å². The monoisotopic (exact) mass is 522 g/mol. The Morgan fingerprint density at radius 1 is 0.971 bits per heavy atom. The third kappa shape index (κ3) is 3.96. The van der Waals surface area contributed by atoms with Crippen LogP contribution in [0.3, 0.4) is 0 Å². The number of fused-ring (bicyclic) bond motifs is 1. The van der Waals surface area contributed by atoms with E-state index in [4.69, 9.17) is 4.74 Å². The van der Waals surface area contributed by atoms with E-state index < -0.39 is 11.9 Å². The van der Waals surface area contributed by atoms with Gasteiger partial charge in [-0.05, 0) is 60.9 Å². The number of imide groups is 1. The Balaban J connectivity index is 1.25. The fraction of sp³-hybridized carbons (Fsp3) is 0.308. The van der Waals surface area contributed by atoms with Crippen LogP contribution < -0.4 is 14.5 Å². The number of amides is 3. The average Bonchev–Trinajstić information content (AvgIpc) is 3.33. The Morgan fingerprint density at radius 3 is 2.32 bits per heavy atom. The predicted octanol–water partition coefficient (Wildman–Crippen LogP) is 4.11. The molecule has 0 bridgehead atoms. The van der Waals surface area contributed by atoms with Crippen LogP contribution in [0.1, 0.15) is 19.8 Å². The molecule has 8 heteroatoms. The summed E-state index contributed by atoms with van der Waals surface area (Å²) in [5, 5.41) is 0. The number of hydrogen-bond donors (Lipinski definition) is 0. The van der Waals surface area contributed by atoms with Crippen LogP contribution in [0.25, 0.3) is 0 Å². The Kier molecular flexibility index (Phi) is 5.85. The van der Waals surface area contributed by atoms with E-state index in [1.165, 1.54) is 4.90 Å². The minimum atomic E-state index is -0.574. The molecule has 2 fully saturated rings. The van der Waals surface area contributed by atoms with Crippen molar-refractivity contribution in [3.05, 3.63) is 65.2 Å². The summed E-state index contributed by atoms with van der Waals surface area (Å²) in [6, 6.07) is 13.7. The second-order valence-corrected chi connectivity index (χ2v) is 9.88. The molecule has 0 spiro atoms. The van der Waals surface area contributed by atoms with Crippen molar-refractivity contribution in [2.24, 2.45) is 23.7 Å². The lowest BCUT2D eigenvalue weighted by Crippen LogP contribution is -2.31. The summed E-state index contributed by atoms with van der Waals surface area (Å²) in [6.45, 7) is 2.21. The number of halogens is 1. The van der Waals surface area contributed by atoms with Gasteiger partial charge in [-0.25, -0.2) is 0 Å². The lowest BCUT2D eigenvalue weighted by Gasteiger charge is -2.22. The second kappa shape index (κ2) is 8.83. The highest BCUT2D eigenvalue weighted by molar-refractivity contribution is 9.10. The Hall–Kier alpha value is -3.26. The minimum absolute atomic E-state index is 0.0199. The molecular formula is C26H23BrN2O5. The molecule has 2 saturated heterocycles. The average molecular weight is 523 g/mol. The van der Waals surface area contributed by atoms with Gasteiger partial charge in [0.15, 0.2) is 0 Å². The molecule has 2 aromatic rings. The van der Waals surface area contributed by atoms with Crippen molar-refractivity contribution >= 4 is 51.0 Å². The Bertz CT molecular complexity index is 1190.